The van der Waals surface area contributed by atoms with Gasteiger partial charge in [-0.1, -0.05) is 19.3 Å². The van der Waals surface area contributed by atoms with Crippen molar-refractivity contribution in [3.8, 4) is 0 Å². The van der Waals surface area contributed by atoms with E-state index in [9.17, 15) is 5.11 Å². The third-order valence-electron chi connectivity index (χ3n) is 4.76. The van der Waals surface area contributed by atoms with Crippen LogP contribution in [0.1, 0.15) is 58.8 Å². The first-order valence-electron chi connectivity index (χ1n) is 7.79. The molecule has 0 aromatic rings. The van der Waals surface area contributed by atoms with E-state index in [1.54, 1.807) is 0 Å². The second-order valence-electron chi connectivity index (χ2n) is 6.57. The van der Waals surface area contributed by atoms with Crippen LogP contribution in [0.2, 0.25) is 0 Å². The van der Waals surface area contributed by atoms with E-state index in [1.807, 2.05) is 0 Å². The summed E-state index contributed by atoms with van der Waals surface area (Å²) in [6, 6.07) is 1.29. The molecular formula is C15H30N2O. The zero-order chi connectivity index (χ0) is 13.0. The maximum Gasteiger partial charge on any atom is 0.0771 e. The number of aliphatic hydroxyl groups is 1. The Morgan fingerprint density at radius 2 is 1.78 bits per heavy atom. The molecule has 3 nitrogen and oxygen atoms in total. The number of likely N-dealkylation sites (tertiary alicyclic amines) is 1. The van der Waals surface area contributed by atoms with E-state index < -0.39 is 5.60 Å². The van der Waals surface area contributed by atoms with Crippen LogP contribution in [-0.2, 0) is 0 Å². The fourth-order valence-electron chi connectivity index (χ4n) is 3.34. The molecular weight excluding hydrogens is 224 g/mol. The zero-order valence-corrected chi connectivity index (χ0v) is 12.1. The van der Waals surface area contributed by atoms with Gasteiger partial charge in [-0.3, -0.25) is 0 Å². The molecule has 106 valence electrons. The van der Waals surface area contributed by atoms with Crippen LogP contribution in [0.15, 0.2) is 0 Å². The Hall–Kier alpha value is -0.120. The van der Waals surface area contributed by atoms with Crippen LogP contribution in [0.25, 0.3) is 0 Å². The van der Waals surface area contributed by atoms with Crippen molar-refractivity contribution >= 4 is 0 Å². The lowest BCUT2D eigenvalue weighted by atomic mass is 9.84. The summed E-state index contributed by atoms with van der Waals surface area (Å²) in [5.41, 5.74) is -0.409. The lowest BCUT2D eigenvalue weighted by Crippen LogP contribution is -2.50. The number of hydrogen-bond acceptors (Lipinski definition) is 3. The summed E-state index contributed by atoms with van der Waals surface area (Å²) in [6.07, 6.45) is 8.14. The van der Waals surface area contributed by atoms with Gasteiger partial charge in [-0.05, 0) is 52.6 Å². The topological polar surface area (TPSA) is 35.5 Å². The van der Waals surface area contributed by atoms with Gasteiger partial charge in [-0.25, -0.2) is 0 Å². The first-order valence-corrected chi connectivity index (χ1v) is 7.79. The van der Waals surface area contributed by atoms with Crippen LogP contribution in [0.5, 0.6) is 0 Å². The van der Waals surface area contributed by atoms with E-state index in [0.717, 1.165) is 19.4 Å². The number of nitrogens with zero attached hydrogens (tertiary/aromatic N) is 1. The molecule has 2 N–H and O–H groups in total. The zero-order valence-electron chi connectivity index (χ0n) is 12.1. The van der Waals surface area contributed by atoms with Gasteiger partial charge in [0.05, 0.1) is 5.60 Å². The maximum absolute atomic E-state index is 10.5. The number of nitrogens with one attached hydrogen (secondary N) is 1. The number of piperidine rings is 1. The standard InChI is InChI=1S/C15H30N2O/c1-13(2)17-10-6-14(7-11-17)16-12-15(18)8-4-3-5-9-15/h13-14,16,18H,3-12H2,1-2H3. The van der Waals surface area contributed by atoms with Crippen LogP contribution >= 0.6 is 0 Å². The minimum atomic E-state index is -0.409. The maximum atomic E-state index is 10.5. The Morgan fingerprint density at radius 1 is 1.17 bits per heavy atom. The molecule has 1 aliphatic carbocycles. The van der Waals surface area contributed by atoms with Crippen molar-refractivity contribution in [1.29, 1.82) is 0 Å². The summed E-state index contributed by atoms with van der Waals surface area (Å²) >= 11 is 0. The second-order valence-corrected chi connectivity index (χ2v) is 6.57. The minimum Gasteiger partial charge on any atom is -0.389 e. The molecule has 1 aliphatic heterocycles. The molecule has 0 aromatic heterocycles. The number of rotatable bonds is 4. The smallest absolute Gasteiger partial charge is 0.0771 e. The average Bonchev–Trinajstić information content (AvgIpc) is 2.38. The van der Waals surface area contributed by atoms with E-state index in [4.69, 9.17) is 0 Å². The van der Waals surface area contributed by atoms with Gasteiger partial charge in [-0.2, -0.15) is 0 Å². The summed E-state index contributed by atoms with van der Waals surface area (Å²) in [4.78, 5) is 2.55. The molecule has 1 saturated heterocycles. The summed E-state index contributed by atoms with van der Waals surface area (Å²) < 4.78 is 0. The molecule has 3 heteroatoms. The normalized spacial score (nSPS) is 26.7. The van der Waals surface area contributed by atoms with Crippen molar-refractivity contribution in [3.05, 3.63) is 0 Å². The van der Waals surface area contributed by atoms with E-state index in [2.05, 4.69) is 24.1 Å². The van der Waals surface area contributed by atoms with Crippen molar-refractivity contribution in [2.45, 2.75) is 76.5 Å². The third-order valence-corrected chi connectivity index (χ3v) is 4.76. The predicted molar refractivity (Wildman–Crippen MR) is 75.8 cm³/mol. The molecule has 1 saturated carbocycles. The fourth-order valence-corrected chi connectivity index (χ4v) is 3.34. The van der Waals surface area contributed by atoms with Crippen molar-refractivity contribution in [3.63, 3.8) is 0 Å². The summed E-state index contributed by atoms with van der Waals surface area (Å²) in [5.74, 6) is 0. The number of hydrogen-bond donors (Lipinski definition) is 2. The molecule has 2 fully saturated rings. The molecule has 0 atom stereocenters. The highest BCUT2D eigenvalue weighted by Crippen LogP contribution is 2.27. The van der Waals surface area contributed by atoms with Gasteiger partial charge in [0, 0.05) is 18.6 Å². The highest BCUT2D eigenvalue weighted by atomic mass is 16.3. The van der Waals surface area contributed by atoms with E-state index in [0.29, 0.717) is 12.1 Å². The van der Waals surface area contributed by atoms with Crippen molar-refractivity contribution in [2.24, 2.45) is 0 Å². The first kappa shape index (κ1) is 14.3. The Kier molecular flexibility index (Phi) is 5.05. The molecule has 0 aromatic carbocycles. The molecule has 2 aliphatic rings. The van der Waals surface area contributed by atoms with Crippen LogP contribution < -0.4 is 5.32 Å². The Morgan fingerprint density at radius 3 is 2.33 bits per heavy atom. The molecule has 0 unspecified atom stereocenters. The average molecular weight is 254 g/mol. The van der Waals surface area contributed by atoms with Crippen molar-refractivity contribution in [1.82, 2.24) is 10.2 Å². The highest BCUT2D eigenvalue weighted by Gasteiger charge is 2.30. The van der Waals surface area contributed by atoms with Gasteiger partial charge >= 0.3 is 0 Å². The van der Waals surface area contributed by atoms with Crippen molar-refractivity contribution in [2.75, 3.05) is 19.6 Å². The van der Waals surface area contributed by atoms with Crippen LogP contribution in [-0.4, -0.2) is 47.3 Å². The van der Waals surface area contributed by atoms with Crippen LogP contribution in [0.4, 0.5) is 0 Å². The van der Waals surface area contributed by atoms with Crippen LogP contribution in [0.3, 0.4) is 0 Å². The molecule has 18 heavy (non-hydrogen) atoms. The lowest BCUT2D eigenvalue weighted by molar-refractivity contribution is 0.000376. The minimum absolute atomic E-state index is 0.409. The Bertz CT molecular complexity index is 241. The monoisotopic (exact) mass is 254 g/mol. The van der Waals surface area contributed by atoms with Gasteiger partial charge in [0.25, 0.3) is 0 Å². The van der Waals surface area contributed by atoms with E-state index >= 15 is 0 Å². The third kappa shape index (κ3) is 3.94. The fraction of sp³-hybridized carbons (Fsp3) is 1.00. The van der Waals surface area contributed by atoms with E-state index in [-0.39, 0.29) is 0 Å². The van der Waals surface area contributed by atoms with E-state index in [1.165, 1.54) is 45.2 Å². The molecule has 1 heterocycles. The largest absolute Gasteiger partial charge is 0.389 e. The quantitative estimate of drug-likeness (QED) is 0.807. The van der Waals surface area contributed by atoms with Crippen molar-refractivity contribution < 1.29 is 5.11 Å². The molecule has 0 spiro atoms. The Balaban J connectivity index is 1.68. The van der Waals surface area contributed by atoms with Gasteiger partial charge in [-0.15, -0.1) is 0 Å². The highest BCUT2D eigenvalue weighted by molar-refractivity contribution is 4.87. The van der Waals surface area contributed by atoms with Gasteiger partial charge in [0.2, 0.25) is 0 Å². The lowest BCUT2D eigenvalue weighted by Gasteiger charge is -2.38. The SMILES string of the molecule is CC(C)N1CCC(NCC2(O)CCCCC2)CC1. The molecule has 0 amide bonds. The molecule has 0 radical (unpaired) electrons. The summed E-state index contributed by atoms with van der Waals surface area (Å²) in [6.45, 7) is 7.76. The first-order chi connectivity index (χ1) is 8.59. The van der Waals surface area contributed by atoms with Gasteiger partial charge in [0.1, 0.15) is 0 Å². The van der Waals surface area contributed by atoms with Gasteiger partial charge < -0.3 is 15.3 Å². The molecule has 0 bridgehead atoms. The van der Waals surface area contributed by atoms with Crippen LogP contribution in [0, 0.1) is 0 Å². The molecule has 2 rings (SSSR count). The van der Waals surface area contributed by atoms with Gasteiger partial charge in [0.15, 0.2) is 0 Å². The summed E-state index contributed by atoms with van der Waals surface area (Å²) in [7, 11) is 0. The second kappa shape index (κ2) is 6.36. The Labute approximate surface area is 112 Å². The predicted octanol–water partition coefficient (Wildman–Crippen LogP) is 2.14. The summed E-state index contributed by atoms with van der Waals surface area (Å²) in [5, 5.41) is 14.1.